The number of carbonyl (C=O) groups excluding carboxylic acids is 1. The number of nitrogens with two attached hydrogens (primary N) is 1. The van der Waals surface area contributed by atoms with Crippen LogP contribution in [0.4, 0.5) is 0 Å². The largest absolute Gasteiger partial charge is 0.312 e. The minimum Gasteiger partial charge on any atom is -0.312 e. The molecule has 1 heterocycles. The van der Waals surface area contributed by atoms with Gasteiger partial charge < -0.3 is 5.01 Å². The van der Waals surface area contributed by atoms with Crippen molar-refractivity contribution in [3.8, 4) is 0 Å². The maximum Gasteiger partial charge on any atom is 0.264 e. The van der Waals surface area contributed by atoms with Gasteiger partial charge in [0.2, 0.25) is 0 Å². The summed E-state index contributed by atoms with van der Waals surface area (Å²) < 4.78 is 0. The van der Waals surface area contributed by atoms with Gasteiger partial charge in [0.1, 0.15) is 0 Å². The Morgan fingerprint density at radius 3 is 3.00 bits per heavy atom. The molecule has 1 saturated carbocycles. The molecule has 13 heavy (non-hydrogen) atoms. The summed E-state index contributed by atoms with van der Waals surface area (Å²) in [7, 11) is 0. The van der Waals surface area contributed by atoms with E-state index in [4.69, 9.17) is 5.84 Å². The molecule has 0 saturated heterocycles. The molecule has 0 aromatic heterocycles. The molecular formula is C8H14N4O. The molecule has 5 nitrogen and oxygen atoms in total. The number of nitrogens with zero attached hydrogens (tertiary/aromatic N) is 1. The van der Waals surface area contributed by atoms with Gasteiger partial charge in [-0.2, -0.15) is 0 Å². The van der Waals surface area contributed by atoms with Crippen LogP contribution in [-0.2, 0) is 4.79 Å². The number of carbonyl (C=O) groups is 1. The summed E-state index contributed by atoms with van der Waals surface area (Å²) in [6, 6.07) is 0.572. The Morgan fingerprint density at radius 1 is 1.69 bits per heavy atom. The van der Waals surface area contributed by atoms with Crippen molar-refractivity contribution in [3.05, 3.63) is 11.8 Å². The summed E-state index contributed by atoms with van der Waals surface area (Å²) in [6.07, 6.45) is 5.56. The van der Waals surface area contributed by atoms with Gasteiger partial charge in [-0.1, -0.05) is 0 Å². The summed E-state index contributed by atoms with van der Waals surface area (Å²) in [5.74, 6) is 4.83. The van der Waals surface area contributed by atoms with Crippen LogP contribution < -0.4 is 16.7 Å². The molecule has 2 rings (SSSR count). The number of hydrazine groups is 2. The Kier molecular flexibility index (Phi) is 2.20. The van der Waals surface area contributed by atoms with Crippen molar-refractivity contribution in [2.45, 2.75) is 25.3 Å². The molecule has 0 atom stereocenters. The third-order valence-corrected chi connectivity index (χ3v) is 2.64. The maximum absolute atomic E-state index is 11.1. The van der Waals surface area contributed by atoms with Crippen molar-refractivity contribution < 1.29 is 4.79 Å². The molecule has 0 bridgehead atoms. The highest BCUT2D eigenvalue weighted by Gasteiger charge is 2.27. The van der Waals surface area contributed by atoms with Crippen molar-refractivity contribution in [2.75, 3.05) is 6.54 Å². The molecule has 0 aromatic rings. The standard InChI is InChI=1S/C8H14N4O/c9-11-8(13)6-4-10-12(5-6)7-2-1-3-7/h5,7,10H,1-4,9H2,(H,11,13). The van der Waals surface area contributed by atoms with Crippen LogP contribution in [0.2, 0.25) is 0 Å². The fourth-order valence-corrected chi connectivity index (χ4v) is 1.57. The SMILES string of the molecule is NNC(=O)C1=CN(C2CCC2)NC1. The Hall–Kier alpha value is -1.07. The number of nitrogens with one attached hydrogen (secondary N) is 2. The lowest BCUT2D eigenvalue weighted by Gasteiger charge is -2.34. The van der Waals surface area contributed by atoms with Gasteiger partial charge in [-0.15, -0.1) is 0 Å². The molecule has 1 aliphatic carbocycles. The molecule has 0 spiro atoms. The second-order valence-electron chi connectivity index (χ2n) is 3.45. The second-order valence-corrected chi connectivity index (χ2v) is 3.45. The van der Waals surface area contributed by atoms with Crippen LogP contribution >= 0.6 is 0 Å². The van der Waals surface area contributed by atoms with Crippen molar-refractivity contribution in [1.29, 1.82) is 0 Å². The van der Waals surface area contributed by atoms with E-state index in [1.54, 1.807) is 0 Å². The molecule has 0 aromatic carbocycles. The van der Waals surface area contributed by atoms with Gasteiger partial charge in [0.05, 0.1) is 5.57 Å². The number of hydrogen-bond donors (Lipinski definition) is 3. The van der Waals surface area contributed by atoms with Crippen LogP contribution in [0.15, 0.2) is 11.8 Å². The summed E-state index contributed by atoms with van der Waals surface area (Å²) in [4.78, 5) is 11.1. The van der Waals surface area contributed by atoms with Gasteiger partial charge in [-0.25, -0.2) is 11.3 Å². The molecule has 2 aliphatic rings. The normalized spacial score (nSPS) is 22.5. The van der Waals surface area contributed by atoms with Crippen LogP contribution in [0, 0.1) is 0 Å². The quantitative estimate of drug-likeness (QED) is 0.298. The molecule has 72 valence electrons. The lowest BCUT2D eigenvalue weighted by Crippen LogP contribution is -2.42. The van der Waals surface area contributed by atoms with Crippen molar-refractivity contribution >= 4 is 5.91 Å². The third-order valence-electron chi connectivity index (χ3n) is 2.64. The van der Waals surface area contributed by atoms with Crippen LogP contribution in [0.5, 0.6) is 0 Å². The summed E-state index contributed by atoms with van der Waals surface area (Å²) in [5.41, 5.74) is 5.98. The fourth-order valence-electron chi connectivity index (χ4n) is 1.57. The Labute approximate surface area is 76.9 Å². The van der Waals surface area contributed by atoms with Gasteiger partial charge in [0.15, 0.2) is 0 Å². The average molecular weight is 182 g/mol. The molecule has 4 N–H and O–H groups in total. The van der Waals surface area contributed by atoms with Gasteiger partial charge in [0, 0.05) is 18.8 Å². The van der Waals surface area contributed by atoms with E-state index in [-0.39, 0.29) is 5.91 Å². The minimum atomic E-state index is -0.200. The zero-order valence-electron chi connectivity index (χ0n) is 7.42. The Morgan fingerprint density at radius 2 is 2.46 bits per heavy atom. The molecule has 0 unspecified atom stereocenters. The fraction of sp³-hybridized carbons (Fsp3) is 0.625. The highest BCUT2D eigenvalue weighted by molar-refractivity contribution is 5.93. The molecular weight excluding hydrogens is 168 g/mol. The first-order valence-electron chi connectivity index (χ1n) is 4.55. The van der Waals surface area contributed by atoms with Crippen LogP contribution in [-0.4, -0.2) is 23.5 Å². The van der Waals surface area contributed by atoms with E-state index < -0.39 is 0 Å². The lowest BCUT2D eigenvalue weighted by molar-refractivity contribution is -0.117. The van der Waals surface area contributed by atoms with E-state index in [9.17, 15) is 4.79 Å². The second kappa shape index (κ2) is 3.35. The van der Waals surface area contributed by atoms with Crippen molar-refractivity contribution in [3.63, 3.8) is 0 Å². The summed E-state index contributed by atoms with van der Waals surface area (Å²) in [6.45, 7) is 0.583. The van der Waals surface area contributed by atoms with Crippen LogP contribution in [0.1, 0.15) is 19.3 Å². The third kappa shape index (κ3) is 1.52. The van der Waals surface area contributed by atoms with E-state index in [2.05, 4.69) is 10.9 Å². The maximum atomic E-state index is 11.1. The van der Waals surface area contributed by atoms with E-state index in [0.717, 1.165) is 0 Å². The van der Waals surface area contributed by atoms with E-state index in [1.165, 1.54) is 19.3 Å². The predicted molar refractivity (Wildman–Crippen MR) is 47.9 cm³/mol. The van der Waals surface area contributed by atoms with E-state index in [0.29, 0.717) is 18.2 Å². The van der Waals surface area contributed by atoms with E-state index in [1.807, 2.05) is 11.2 Å². The van der Waals surface area contributed by atoms with Gasteiger partial charge in [0.25, 0.3) is 5.91 Å². The first-order valence-corrected chi connectivity index (χ1v) is 4.55. The number of amides is 1. The summed E-state index contributed by atoms with van der Waals surface area (Å²) >= 11 is 0. The lowest BCUT2D eigenvalue weighted by atomic mass is 9.93. The van der Waals surface area contributed by atoms with Gasteiger partial charge in [-0.05, 0) is 19.3 Å². The first kappa shape index (κ1) is 8.52. The van der Waals surface area contributed by atoms with Gasteiger partial charge in [-0.3, -0.25) is 10.2 Å². The molecule has 5 heteroatoms. The monoisotopic (exact) mass is 182 g/mol. The Balaban J connectivity index is 1.96. The Bertz CT molecular complexity index is 247. The zero-order valence-corrected chi connectivity index (χ0v) is 7.42. The highest BCUT2D eigenvalue weighted by Crippen LogP contribution is 2.25. The molecule has 1 amide bonds. The molecule has 0 radical (unpaired) electrons. The smallest absolute Gasteiger partial charge is 0.264 e. The minimum absolute atomic E-state index is 0.200. The van der Waals surface area contributed by atoms with Crippen molar-refractivity contribution in [2.24, 2.45) is 5.84 Å². The van der Waals surface area contributed by atoms with Crippen LogP contribution in [0.25, 0.3) is 0 Å². The van der Waals surface area contributed by atoms with Crippen LogP contribution in [0.3, 0.4) is 0 Å². The molecule has 1 fully saturated rings. The summed E-state index contributed by atoms with van der Waals surface area (Å²) in [5, 5.41) is 2.02. The average Bonchev–Trinajstić information content (AvgIpc) is 2.49. The highest BCUT2D eigenvalue weighted by atomic mass is 16.2. The molecule has 1 aliphatic heterocycles. The zero-order chi connectivity index (χ0) is 9.26. The van der Waals surface area contributed by atoms with Crippen molar-refractivity contribution in [1.82, 2.24) is 15.9 Å². The predicted octanol–water partition coefficient (Wildman–Crippen LogP) is -0.767. The first-order chi connectivity index (χ1) is 6.31. The topological polar surface area (TPSA) is 70.4 Å². The van der Waals surface area contributed by atoms with Gasteiger partial charge >= 0.3 is 0 Å². The number of hydrogen-bond acceptors (Lipinski definition) is 4. The number of rotatable bonds is 2. The van der Waals surface area contributed by atoms with E-state index >= 15 is 0 Å².